The molecule has 0 saturated heterocycles. The number of ether oxygens (including phenoxy) is 3. The van der Waals surface area contributed by atoms with Gasteiger partial charge in [-0.05, 0) is 51.4 Å². The maximum absolute atomic E-state index is 5.26. The average Bonchev–Trinajstić information content (AvgIpc) is 2.83. The molecular weight excluding hydrogens is 408 g/mol. The van der Waals surface area contributed by atoms with Crippen LogP contribution in [-0.2, 0) is 14.2 Å². The summed E-state index contributed by atoms with van der Waals surface area (Å²) in [5.41, 5.74) is 0. The summed E-state index contributed by atoms with van der Waals surface area (Å²) in [4.78, 5) is 0. The van der Waals surface area contributed by atoms with Crippen LogP contribution in [0.5, 0.6) is 0 Å². The van der Waals surface area contributed by atoms with Crippen molar-refractivity contribution in [2.75, 3.05) is 26.8 Å². The molecule has 0 spiro atoms. The normalized spacial score (nSPS) is 11.4. The lowest BCUT2D eigenvalue weighted by Gasteiger charge is -2.06. The van der Waals surface area contributed by atoms with Crippen LogP contribution in [0.1, 0.15) is 143 Å². The molecule has 0 aromatic rings. The van der Waals surface area contributed by atoms with Crippen LogP contribution in [0.15, 0.2) is 24.3 Å². The minimum Gasteiger partial charge on any atom is -0.355 e. The van der Waals surface area contributed by atoms with E-state index in [4.69, 9.17) is 14.2 Å². The first-order chi connectivity index (χ1) is 16.3. The predicted molar refractivity (Wildman–Crippen MR) is 147 cm³/mol. The second kappa shape index (κ2) is 35.9. The van der Waals surface area contributed by atoms with E-state index in [2.05, 4.69) is 52.0 Å². The largest absolute Gasteiger partial charge is 0.355 e. The van der Waals surface area contributed by atoms with Crippen LogP contribution in [0.3, 0.4) is 0 Å². The SMILES string of the molecule is CC/C=C\CCCCCCCC/C=C\CCCC.CCCCCOCOCOCCCCC. The summed E-state index contributed by atoms with van der Waals surface area (Å²) in [5, 5.41) is 0. The number of unbranched alkanes of at least 4 members (excludes halogenated alkanes) is 13. The fourth-order valence-corrected chi connectivity index (χ4v) is 3.25. The van der Waals surface area contributed by atoms with Crippen LogP contribution < -0.4 is 0 Å². The van der Waals surface area contributed by atoms with E-state index in [9.17, 15) is 0 Å². The molecule has 0 aliphatic rings. The van der Waals surface area contributed by atoms with Gasteiger partial charge in [-0.1, -0.05) is 116 Å². The van der Waals surface area contributed by atoms with Crippen LogP contribution in [0, 0.1) is 0 Å². The van der Waals surface area contributed by atoms with Crippen LogP contribution in [0.4, 0.5) is 0 Å². The molecule has 0 unspecified atom stereocenters. The minimum absolute atomic E-state index is 0.359. The Balaban J connectivity index is 0. The van der Waals surface area contributed by atoms with Crippen molar-refractivity contribution in [3.63, 3.8) is 0 Å². The van der Waals surface area contributed by atoms with E-state index in [0.29, 0.717) is 13.6 Å². The Bertz CT molecular complexity index is 354. The Morgan fingerprint density at radius 3 is 1.27 bits per heavy atom. The lowest BCUT2D eigenvalue weighted by Crippen LogP contribution is -2.06. The van der Waals surface area contributed by atoms with Crippen molar-refractivity contribution >= 4 is 0 Å². The Kier molecular flexibility index (Phi) is 37.6. The van der Waals surface area contributed by atoms with Gasteiger partial charge in [0.1, 0.15) is 13.6 Å². The quantitative estimate of drug-likeness (QED) is 0.0757. The molecule has 33 heavy (non-hydrogen) atoms. The van der Waals surface area contributed by atoms with Gasteiger partial charge in [0.05, 0.1) is 0 Å². The van der Waals surface area contributed by atoms with E-state index in [1.807, 2.05) is 0 Å². The Morgan fingerprint density at radius 1 is 0.394 bits per heavy atom. The lowest BCUT2D eigenvalue weighted by atomic mass is 10.1. The van der Waals surface area contributed by atoms with Gasteiger partial charge in [0, 0.05) is 13.2 Å². The van der Waals surface area contributed by atoms with Crippen LogP contribution >= 0.6 is 0 Å². The third-order valence-corrected chi connectivity index (χ3v) is 5.40. The van der Waals surface area contributed by atoms with Crippen LogP contribution in [0.25, 0.3) is 0 Å². The summed E-state index contributed by atoms with van der Waals surface area (Å²) >= 11 is 0. The van der Waals surface area contributed by atoms with Gasteiger partial charge < -0.3 is 14.2 Å². The van der Waals surface area contributed by atoms with E-state index in [1.54, 1.807) is 0 Å². The summed E-state index contributed by atoms with van der Waals surface area (Å²) in [6.45, 7) is 11.1. The molecule has 0 amide bonds. The molecule has 0 radical (unpaired) electrons. The highest BCUT2D eigenvalue weighted by molar-refractivity contribution is 4.81. The van der Waals surface area contributed by atoms with Gasteiger partial charge in [0.2, 0.25) is 0 Å². The molecule has 0 rings (SSSR count). The first-order valence-corrected chi connectivity index (χ1v) is 14.4. The molecule has 0 bridgehead atoms. The van der Waals surface area contributed by atoms with Gasteiger partial charge in [-0.2, -0.15) is 0 Å². The molecule has 3 nitrogen and oxygen atoms in total. The fraction of sp³-hybridized carbons (Fsp3) is 0.867. The fourth-order valence-electron chi connectivity index (χ4n) is 3.25. The van der Waals surface area contributed by atoms with Crippen molar-refractivity contribution < 1.29 is 14.2 Å². The maximum atomic E-state index is 5.26. The summed E-state index contributed by atoms with van der Waals surface area (Å²) in [6.07, 6.45) is 32.7. The smallest absolute Gasteiger partial charge is 0.149 e. The molecule has 0 aromatic carbocycles. The van der Waals surface area contributed by atoms with Crippen molar-refractivity contribution in [3.8, 4) is 0 Å². The van der Waals surface area contributed by atoms with Gasteiger partial charge in [0.15, 0.2) is 0 Å². The van der Waals surface area contributed by atoms with E-state index < -0.39 is 0 Å². The van der Waals surface area contributed by atoms with Gasteiger partial charge in [-0.15, -0.1) is 0 Å². The molecule has 0 N–H and O–H groups in total. The van der Waals surface area contributed by atoms with Crippen molar-refractivity contribution in [2.24, 2.45) is 0 Å². The molecule has 0 aliphatic carbocycles. The Morgan fingerprint density at radius 2 is 0.818 bits per heavy atom. The second-order valence-electron chi connectivity index (χ2n) is 8.86. The van der Waals surface area contributed by atoms with E-state index >= 15 is 0 Å². The van der Waals surface area contributed by atoms with Gasteiger partial charge >= 0.3 is 0 Å². The number of rotatable bonds is 25. The van der Waals surface area contributed by atoms with Gasteiger partial charge in [0.25, 0.3) is 0 Å². The zero-order valence-corrected chi connectivity index (χ0v) is 23.1. The maximum Gasteiger partial charge on any atom is 0.149 e. The van der Waals surface area contributed by atoms with Crippen molar-refractivity contribution in [1.82, 2.24) is 0 Å². The zero-order chi connectivity index (χ0) is 24.5. The van der Waals surface area contributed by atoms with Crippen LogP contribution in [0.2, 0.25) is 0 Å². The molecule has 0 aromatic heterocycles. The van der Waals surface area contributed by atoms with Gasteiger partial charge in [-0.3, -0.25) is 0 Å². The van der Waals surface area contributed by atoms with Crippen molar-refractivity contribution in [1.29, 1.82) is 0 Å². The molecule has 0 aliphatic heterocycles. The third kappa shape index (κ3) is 38.9. The summed E-state index contributed by atoms with van der Waals surface area (Å²) in [6, 6.07) is 0. The van der Waals surface area contributed by atoms with E-state index in [0.717, 1.165) is 26.1 Å². The number of hydrogen-bond donors (Lipinski definition) is 0. The standard InChI is InChI=1S/C18H34.C12H26O3/c1-3-5-7-9-11-13-15-17-18-16-14-12-10-8-6-4-2;1-3-5-7-9-13-11-15-12-14-10-8-6-4-2/h5,7,10,12H,3-4,6,8-9,11,13-18H2,1-2H3;3-12H2,1-2H3/b7-5-,12-10-;. The molecule has 0 saturated carbocycles. The van der Waals surface area contributed by atoms with E-state index in [-0.39, 0.29) is 0 Å². The highest BCUT2D eigenvalue weighted by atomic mass is 16.7. The molecule has 0 fully saturated rings. The monoisotopic (exact) mass is 468 g/mol. The molecular formula is C30H60O3. The highest BCUT2D eigenvalue weighted by Gasteiger charge is 1.91. The summed E-state index contributed by atoms with van der Waals surface area (Å²) < 4.78 is 15.7. The average molecular weight is 469 g/mol. The first-order valence-electron chi connectivity index (χ1n) is 14.4. The molecule has 0 atom stereocenters. The van der Waals surface area contributed by atoms with Crippen molar-refractivity contribution in [2.45, 2.75) is 143 Å². The second-order valence-corrected chi connectivity index (χ2v) is 8.86. The molecule has 0 heterocycles. The number of allylic oxidation sites excluding steroid dienone is 4. The topological polar surface area (TPSA) is 27.7 Å². The third-order valence-electron chi connectivity index (χ3n) is 5.40. The predicted octanol–water partition coefficient (Wildman–Crippen LogP) is 10.2. The zero-order valence-electron chi connectivity index (χ0n) is 23.1. The number of hydrogen-bond acceptors (Lipinski definition) is 3. The molecule has 3 heteroatoms. The first kappa shape index (κ1) is 34.5. The Labute approximate surface area is 208 Å². The van der Waals surface area contributed by atoms with Crippen molar-refractivity contribution in [3.05, 3.63) is 24.3 Å². The minimum atomic E-state index is 0.359. The molecule has 198 valence electrons. The lowest BCUT2D eigenvalue weighted by molar-refractivity contribution is -0.131. The Hall–Kier alpha value is -0.640. The van der Waals surface area contributed by atoms with Crippen LogP contribution in [-0.4, -0.2) is 26.8 Å². The van der Waals surface area contributed by atoms with Gasteiger partial charge in [-0.25, -0.2) is 0 Å². The van der Waals surface area contributed by atoms with E-state index in [1.165, 1.54) is 103 Å². The summed E-state index contributed by atoms with van der Waals surface area (Å²) in [5.74, 6) is 0. The highest BCUT2D eigenvalue weighted by Crippen LogP contribution is 2.09. The summed E-state index contributed by atoms with van der Waals surface area (Å²) in [7, 11) is 0.